The number of nitro benzene ring substituents is 1. The lowest BCUT2D eigenvalue weighted by molar-refractivity contribution is -0.384. The maximum Gasteiger partial charge on any atom is 0.323 e. The van der Waals surface area contributed by atoms with Crippen molar-refractivity contribution in [3.05, 3.63) is 58.6 Å². The van der Waals surface area contributed by atoms with Gasteiger partial charge in [-0.3, -0.25) is 10.1 Å². The fourth-order valence-corrected chi connectivity index (χ4v) is 1.82. The highest BCUT2D eigenvalue weighted by Gasteiger charge is 2.14. The highest BCUT2D eigenvalue weighted by atomic mass is 16.6. The molecule has 2 aromatic carbocycles. The van der Waals surface area contributed by atoms with Crippen molar-refractivity contribution >= 4 is 23.1 Å². The van der Waals surface area contributed by atoms with Crippen LogP contribution >= 0.6 is 0 Å². The van der Waals surface area contributed by atoms with Crippen molar-refractivity contribution < 1.29 is 14.5 Å². The van der Waals surface area contributed by atoms with Crippen LogP contribution in [0.4, 0.5) is 21.9 Å². The zero-order chi connectivity index (χ0) is 15.9. The van der Waals surface area contributed by atoms with Gasteiger partial charge in [0.2, 0.25) is 0 Å². The van der Waals surface area contributed by atoms with E-state index in [2.05, 4.69) is 10.6 Å². The Morgan fingerprint density at radius 2 is 1.91 bits per heavy atom. The zero-order valence-corrected chi connectivity index (χ0v) is 11.9. The van der Waals surface area contributed by atoms with Crippen LogP contribution in [-0.4, -0.2) is 17.6 Å². The number of carbonyl (C=O) groups excluding carboxylic acids is 1. The predicted octanol–water partition coefficient (Wildman–Crippen LogP) is 3.64. The number of para-hydroxylation sites is 1. The van der Waals surface area contributed by atoms with Gasteiger partial charge in [-0.2, -0.15) is 0 Å². The molecule has 0 saturated carbocycles. The van der Waals surface area contributed by atoms with Crippen LogP contribution in [0.3, 0.4) is 0 Å². The molecule has 2 N–H and O–H groups in total. The number of carbonyl (C=O) groups is 1. The van der Waals surface area contributed by atoms with Gasteiger partial charge in [0.05, 0.1) is 17.2 Å². The van der Waals surface area contributed by atoms with Crippen LogP contribution in [0.1, 0.15) is 6.92 Å². The van der Waals surface area contributed by atoms with Crippen LogP contribution in [0, 0.1) is 10.1 Å². The Balaban J connectivity index is 2.17. The fraction of sp³-hybridized carbons (Fsp3) is 0.133. The second-order valence-corrected chi connectivity index (χ2v) is 4.32. The Morgan fingerprint density at radius 3 is 2.55 bits per heavy atom. The summed E-state index contributed by atoms with van der Waals surface area (Å²) in [6, 6.07) is 12.4. The normalized spacial score (nSPS) is 9.86. The minimum absolute atomic E-state index is 0.126. The van der Waals surface area contributed by atoms with Gasteiger partial charge in [0.1, 0.15) is 5.75 Å². The average molecular weight is 301 g/mol. The SMILES string of the molecule is CCOc1ccc([N+](=O)[O-])cc1NC(=O)Nc1ccccc1. The van der Waals surface area contributed by atoms with Crippen molar-refractivity contribution in [3.63, 3.8) is 0 Å². The quantitative estimate of drug-likeness (QED) is 0.651. The van der Waals surface area contributed by atoms with E-state index >= 15 is 0 Å². The van der Waals surface area contributed by atoms with Crippen LogP contribution in [0.2, 0.25) is 0 Å². The van der Waals surface area contributed by atoms with Gasteiger partial charge < -0.3 is 15.4 Å². The molecule has 0 unspecified atom stereocenters. The Labute approximate surface area is 127 Å². The van der Waals surface area contributed by atoms with Gasteiger partial charge >= 0.3 is 6.03 Å². The molecule has 0 aliphatic rings. The summed E-state index contributed by atoms with van der Waals surface area (Å²) < 4.78 is 5.36. The molecule has 0 atom stereocenters. The molecule has 0 aromatic heterocycles. The molecule has 0 bridgehead atoms. The number of nitrogens with zero attached hydrogens (tertiary/aromatic N) is 1. The third kappa shape index (κ3) is 3.95. The summed E-state index contributed by atoms with van der Waals surface area (Å²) in [6.45, 7) is 2.17. The number of hydrogen-bond donors (Lipinski definition) is 2. The van der Waals surface area contributed by atoms with E-state index in [1.807, 2.05) is 6.07 Å². The first kappa shape index (κ1) is 15.3. The van der Waals surface area contributed by atoms with Gasteiger partial charge in [-0.25, -0.2) is 4.79 Å². The monoisotopic (exact) mass is 301 g/mol. The van der Waals surface area contributed by atoms with Crippen molar-refractivity contribution in [2.24, 2.45) is 0 Å². The molecule has 0 fully saturated rings. The summed E-state index contributed by atoms with van der Waals surface area (Å²) >= 11 is 0. The van der Waals surface area contributed by atoms with Gasteiger partial charge in [-0.1, -0.05) is 18.2 Å². The van der Waals surface area contributed by atoms with E-state index < -0.39 is 11.0 Å². The van der Waals surface area contributed by atoms with Crippen LogP contribution < -0.4 is 15.4 Å². The van der Waals surface area contributed by atoms with E-state index in [1.165, 1.54) is 18.2 Å². The maximum absolute atomic E-state index is 12.0. The number of anilines is 2. The molecule has 7 heteroatoms. The summed E-state index contributed by atoms with van der Waals surface area (Å²) in [5.41, 5.74) is 0.728. The van der Waals surface area contributed by atoms with Crippen molar-refractivity contribution in [1.82, 2.24) is 0 Å². The van der Waals surface area contributed by atoms with E-state index in [0.717, 1.165) is 0 Å². The minimum atomic E-state index is -0.532. The first-order valence-electron chi connectivity index (χ1n) is 6.64. The van der Waals surface area contributed by atoms with Crippen LogP contribution in [-0.2, 0) is 0 Å². The number of amides is 2. The molecule has 0 saturated heterocycles. The second-order valence-electron chi connectivity index (χ2n) is 4.32. The third-order valence-corrected chi connectivity index (χ3v) is 2.75. The van der Waals surface area contributed by atoms with Gasteiger partial charge in [0.25, 0.3) is 5.69 Å². The van der Waals surface area contributed by atoms with Crippen LogP contribution in [0.5, 0.6) is 5.75 Å². The van der Waals surface area contributed by atoms with Crippen molar-refractivity contribution in [2.75, 3.05) is 17.2 Å². The lowest BCUT2D eigenvalue weighted by atomic mass is 10.2. The van der Waals surface area contributed by atoms with Crippen molar-refractivity contribution in [3.8, 4) is 5.75 Å². The van der Waals surface area contributed by atoms with E-state index in [-0.39, 0.29) is 11.4 Å². The molecule has 2 amide bonds. The predicted molar refractivity (Wildman–Crippen MR) is 83.3 cm³/mol. The van der Waals surface area contributed by atoms with Gasteiger partial charge in [0.15, 0.2) is 0 Å². The molecule has 0 radical (unpaired) electrons. The third-order valence-electron chi connectivity index (χ3n) is 2.75. The number of urea groups is 1. The summed E-state index contributed by atoms with van der Waals surface area (Å²) in [6.07, 6.45) is 0. The number of ether oxygens (including phenoxy) is 1. The molecular formula is C15H15N3O4. The maximum atomic E-state index is 12.0. The Kier molecular flexibility index (Phi) is 4.92. The lowest BCUT2D eigenvalue weighted by Gasteiger charge is -2.12. The summed E-state index contributed by atoms with van der Waals surface area (Å²) in [5.74, 6) is 0.372. The van der Waals surface area contributed by atoms with Crippen molar-refractivity contribution in [1.29, 1.82) is 0 Å². The van der Waals surface area contributed by atoms with Crippen molar-refractivity contribution in [2.45, 2.75) is 6.92 Å². The highest BCUT2D eigenvalue weighted by molar-refractivity contribution is 6.00. The molecule has 7 nitrogen and oxygen atoms in total. The molecule has 114 valence electrons. The highest BCUT2D eigenvalue weighted by Crippen LogP contribution is 2.29. The molecule has 0 spiro atoms. The molecule has 22 heavy (non-hydrogen) atoms. The summed E-state index contributed by atoms with van der Waals surface area (Å²) in [7, 11) is 0. The largest absolute Gasteiger partial charge is 0.492 e. The van der Waals surface area contributed by atoms with Gasteiger partial charge in [-0.05, 0) is 25.1 Å². The first-order valence-corrected chi connectivity index (χ1v) is 6.64. The van der Waals surface area contributed by atoms with Gasteiger partial charge in [-0.15, -0.1) is 0 Å². The minimum Gasteiger partial charge on any atom is -0.492 e. The topological polar surface area (TPSA) is 93.5 Å². The molecule has 2 rings (SSSR count). The Bertz CT molecular complexity index is 674. The smallest absolute Gasteiger partial charge is 0.323 e. The van der Waals surface area contributed by atoms with E-state index in [1.54, 1.807) is 31.2 Å². The molecular weight excluding hydrogens is 286 g/mol. The molecule has 0 aliphatic carbocycles. The van der Waals surface area contributed by atoms with Gasteiger partial charge in [0, 0.05) is 17.8 Å². The van der Waals surface area contributed by atoms with E-state index in [9.17, 15) is 14.9 Å². The van der Waals surface area contributed by atoms with E-state index in [0.29, 0.717) is 18.0 Å². The molecule has 2 aromatic rings. The lowest BCUT2D eigenvalue weighted by Crippen LogP contribution is -2.20. The number of nitro groups is 1. The molecule has 0 aliphatic heterocycles. The van der Waals surface area contributed by atoms with Crippen LogP contribution in [0.25, 0.3) is 0 Å². The number of non-ortho nitro benzene ring substituents is 1. The Hall–Kier alpha value is -3.09. The van der Waals surface area contributed by atoms with Crippen LogP contribution in [0.15, 0.2) is 48.5 Å². The Morgan fingerprint density at radius 1 is 1.18 bits per heavy atom. The molecule has 0 heterocycles. The summed E-state index contributed by atoms with van der Waals surface area (Å²) in [5, 5.41) is 16.0. The number of hydrogen-bond acceptors (Lipinski definition) is 4. The first-order chi connectivity index (χ1) is 10.6. The standard InChI is InChI=1S/C15H15N3O4/c1-2-22-14-9-8-12(18(20)21)10-13(14)17-15(19)16-11-6-4-3-5-7-11/h3-10H,2H2,1H3,(H2,16,17,19). The zero-order valence-electron chi connectivity index (χ0n) is 11.9. The fourth-order valence-electron chi connectivity index (χ4n) is 1.82. The average Bonchev–Trinajstić information content (AvgIpc) is 2.50. The number of nitrogens with one attached hydrogen (secondary N) is 2. The van der Waals surface area contributed by atoms with E-state index in [4.69, 9.17) is 4.74 Å². The number of rotatable bonds is 5. The second kappa shape index (κ2) is 7.07. The summed E-state index contributed by atoms with van der Waals surface area (Å²) in [4.78, 5) is 22.3. The number of benzene rings is 2.